The van der Waals surface area contributed by atoms with E-state index in [4.69, 9.17) is 23.2 Å². The quantitative estimate of drug-likeness (QED) is 0.741. The molecule has 2 nitrogen and oxygen atoms in total. The van der Waals surface area contributed by atoms with E-state index in [-0.39, 0.29) is 17.7 Å². The van der Waals surface area contributed by atoms with Crippen molar-refractivity contribution in [1.82, 2.24) is 5.32 Å². The molecule has 2 aromatic rings. The molecule has 2 aromatic carbocycles. The molecule has 1 saturated heterocycles. The van der Waals surface area contributed by atoms with Crippen molar-refractivity contribution in [3.63, 3.8) is 0 Å². The van der Waals surface area contributed by atoms with E-state index in [1.807, 2.05) is 12.1 Å². The van der Waals surface area contributed by atoms with E-state index >= 15 is 0 Å². The summed E-state index contributed by atoms with van der Waals surface area (Å²) in [5.74, 6) is 0.0275. The Morgan fingerprint density at radius 1 is 0.958 bits per heavy atom. The Balaban J connectivity index is 1.69. The molecule has 0 bridgehead atoms. The van der Waals surface area contributed by atoms with Crippen LogP contribution in [-0.2, 0) is 0 Å². The van der Waals surface area contributed by atoms with Gasteiger partial charge in [-0.05, 0) is 53.8 Å². The second-order valence-electron chi connectivity index (χ2n) is 5.71. The van der Waals surface area contributed by atoms with Gasteiger partial charge in [-0.25, -0.2) is 0 Å². The van der Waals surface area contributed by atoms with E-state index in [9.17, 15) is 13.2 Å². The Hall–Kier alpha value is -1.43. The molecule has 7 heteroatoms. The van der Waals surface area contributed by atoms with Crippen molar-refractivity contribution in [2.24, 2.45) is 0 Å². The number of hydrogen-bond acceptors (Lipinski definition) is 2. The molecule has 1 fully saturated rings. The van der Waals surface area contributed by atoms with Gasteiger partial charge in [-0.3, -0.25) is 0 Å². The first-order valence-electron chi connectivity index (χ1n) is 7.35. The number of alkyl halides is 3. The predicted octanol–water partition coefficient (Wildman–Crippen LogP) is 5.71. The maximum Gasteiger partial charge on any atom is 0.573 e. The van der Waals surface area contributed by atoms with Gasteiger partial charge in [0.05, 0.1) is 0 Å². The highest BCUT2D eigenvalue weighted by Gasteiger charge is 2.31. The molecule has 1 heterocycles. The molecule has 128 valence electrons. The summed E-state index contributed by atoms with van der Waals surface area (Å²) in [4.78, 5) is 0. The van der Waals surface area contributed by atoms with Gasteiger partial charge in [0.2, 0.25) is 0 Å². The topological polar surface area (TPSA) is 21.3 Å². The van der Waals surface area contributed by atoms with Gasteiger partial charge in [-0.15, -0.1) is 13.2 Å². The van der Waals surface area contributed by atoms with Crippen LogP contribution in [0, 0.1) is 0 Å². The van der Waals surface area contributed by atoms with Gasteiger partial charge >= 0.3 is 6.36 Å². The molecule has 0 saturated carbocycles. The molecule has 0 aliphatic carbocycles. The monoisotopic (exact) mass is 375 g/mol. The third-order valence-corrected chi connectivity index (χ3v) is 4.44. The molecule has 0 spiro atoms. The van der Waals surface area contributed by atoms with Crippen LogP contribution in [0.5, 0.6) is 5.75 Å². The summed E-state index contributed by atoms with van der Waals surface area (Å²) >= 11 is 12.1. The Morgan fingerprint density at radius 2 is 1.58 bits per heavy atom. The lowest BCUT2D eigenvalue weighted by Crippen LogP contribution is -2.17. The minimum absolute atomic E-state index is 0.0627. The van der Waals surface area contributed by atoms with Crippen molar-refractivity contribution in [3.8, 4) is 5.75 Å². The van der Waals surface area contributed by atoms with Crippen molar-refractivity contribution >= 4 is 23.2 Å². The maximum atomic E-state index is 12.2. The molecule has 1 N–H and O–H groups in total. The van der Waals surface area contributed by atoms with Gasteiger partial charge in [0.15, 0.2) is 0 Å². The van der Waals surface area contributed by atoms with E-state index in [1.165, 1.54) is 12.1 Å². The zero-order chi connectivity index (χ0) is 17.3. The van der Waals surface area contributed by atoms with Crippen LogP contribution in [0.1, 0.15) is 29.5 Å². The largest absolute Gasteiger partial charge is 0.573 e. The van der Waals surface area contributed by atoms with Crippen LogP contribution < -0.4 is 10.1 Å². The van der Waals surface area contributed by atoms with Crippen LogP contribution in [0.25, 0.3) is 0 Å². The number of benzene rings is 2. The van der Waals surface area contributed by atoms with E-state index in [1.54, 1.807) is 18.2 Å². The molecule has 0 radical (unpaired) electrons. The van der Waals surface area contributed by atoms with Crippen LogP contribution in [0.2, 0.25) is 10.0 Å². The second-order valence-corrected chi connectivity index (χ2v) is 6.59. The van der Waals surface area contributed by atoms with Crippen molar-refractivity contribution < 1.29 is 17.9 Å². The van der Waals surface area contributed by atoms with Crippen LogP contribution in [0.15, 0.2) is 42.5 Å². The van der Waals surface area contributed by atoms with Gasteiger partial charge in [0.1, 0.15) is 5.75 Å². The first-order valence-corrected chi connectivity index (χ1v) is 8.11. The highest BCUT2D eigenvalue weighted by Crippen LogP contribution is 2.36. The van der Waals surface area contributed by atoms with Gasteiger partial charge in [0.25, 0.3) is 0 Å². The highest BCUT2D eigenvalue weighted by atomic mass is 35.5. The first-order chi connectivity index (χ1) is 11.3. The van der Waals surface area contributed by atoms with Crippen molar-refractivity contribution in [2.75, 3.05) is 6.54 Å². The highest BCUT2D eigenvalue weighted by molar-refractivity contribution is 6.34. The van der Waals surface area contributed by atoms with Gasteiger partial charge in [-0.1, -0.05) is 35.3 Å². The third-order valence-electron chi connectivity index (χ3n) is 4.00. The van der Waals surface area contributed by atoms with E-state index in [0.29, 0.717) is 10.0 Å². The minimum atomic E-state index is -4.68. The third kappa shape index (κ3) is 4.35. The van der Waals surface area contributed by atoms with Crippen LogP contribution in [0.3, 0.4) is 0 Å². The number of ether oxygens (including phenoxy) is 1. The zero-order valence-electron chi connectivity index (χ0n) is 12.4. The average molecular weight is 376 g/mol. The standard InChI is InChI=1S/C17H14Cl2F3NO/c18-13-5-11(6-14(19)8-13)12-7-16(23-9-12)10-1-3-15(4-2-10)24-17(20,21)22/h1-6,8,12,16,23H,7,9H2/t12-,16-/m1/s1. The van der Waals surface area contributed by atoms with Crippen LogP contribution in [0.4, 0.5) is 13.2 Å². The molecule has 1 aliphatic heterocycles. The summed E-state index contributed by atoms with van der Waals surface area (Å²) in [5, 5.41) is 4.56. The fourth-order valence-electron chi connectivity index (χ4n) is 2.96. The predicted molar refractivity (Wildman–Crippen MR) is 87.7 cm³/mol. The van der Waals surface area contributed by atoms with Crippen molar-refractivity contribution in [2.45, 2.75) is 24.7 Å². The lowest BCUT2D eigenvalue weighted by Gasteiger charge is -2.13. The molecule has 0 unspecified atom stereocenters. The van der Waals surface area contributed by atoms with E-state index in [2.05, 4.69) is 10.1 Å². The molecule has 0 aromatic heterocycles. The average Bonchev–Trinajstić information content (AvgIpc) is 2.95. The molecule has 0 amide bonds. The normalized spacial score (nSPS) is 21.0. The van der Waals surface area contributed by atoms with Gasteiger partial charge in [0, 0.05) is 22.6 Å². The Morgan fingerprint density at radius 3 is 2.17 bits per heavy atom. The van der Waals surface area contributed by atoms with Gasteiger partial charge in [-0.2, -0.15) is 0 Å². The summed E-state index contributed by atoms with van der Waals surface area (Å²) in [5.41, 5.74) is 1.97. The SMILES string of the molecule is FC(F)(F)Oc1ccc([C@H]2C[C@@H](c3cc(Cl)cc(Cl)c3)CN2)cc1. The summed E-state index contributed by atoms with van der Waals surface area (Å²) < 4.78 is 40.5. The fourth-order valence-corrected chi connectivity index (χ4v) is 3.50. The molecule has 2 atom stereocenters. The number of hydrogen-bond donors (Lipinski definition) is 1. The maximum absolute atomic E-state index is 12.2. The minimum Gasteiger partial charge on any atom is -0.406 e. The first kappa shape index (κ1) is 17.4. The second kappa shape index (κ2) is 6.82. The van der Waals surface area contributed by atoms with E-state index in [0.717, 1.165) is 24.1 Å². The molecule has 24 heavy (non-hydrogen) atoms. The van der Waals surface area contributed by atoms with Crippen LogP contribution in [-0.4, -0.2) is 12.9 Å². The number of halogens is 5. The Kier molecular flexibility index (Phi) is 4.95. The van der Waals surface area contributed by atoms with Crippen molar-refractivity contribution in [3.05, 3.63) is 63.6 Å². The summed E-state index contributed by atoms with van der Waals surface area (Å²) in [6.45, 7) is 0.752. The molecular weight excluding hydrogens is 362 g/mol. The van der Waals surface area contributed by atoms with E-state index < -0.39 is 6.36 Å². The summed E-state index contributed by atoms with van der Waals surface area (Å²) in [7, 11) is 0. The van der Waals surface area contributed by atoms with Gasteiger partial charge < -0.3 is 10.1 Å². The molecule has 3 rings (SSSR count). The Labute approximate surface area is 147 Å². The summed E-state index contributed by atoms with van der Waals surface area (Å²) in [6.07, 6.45) is -3.86. The zero-order valence-corrected chi connectivity index (χ0v) is 13.9. The fraction of sp³-hybridized carbons (Fsp3) is 0.294. The lowest BCUT2D eigenvalue weighted by atomic mass is 9.94. The molecule has 1 aliphatic rings. The van der Waals surface area contributed by atoms with Crippen molar-refractivity contribution in [1.29, 1.82) is 0 Å². The molecular formula is C17H14Cl2F3NO. The lowest BCUT2D eigenvalue weighted by molar-refractivity contribution is -0.274. The Bertz CT molecular complexity index is 699. The summed E-state index contributed by atoms with van der Waals surface area (Å²) in [6, 6.07) is 11.5. The van der Waals surface area contributed by atoms with Crippen LogP contribution >= 0.6 is 23.2 Å². The smallest absolute Gasteiger partial charge is 0.406 e. The number of nitrogens with one attached hydrogen (secondary N) is 1. The number of rotatable bonds is 3.